The Morgan fingerprint density at radius 3 is 2.49 bits per heavy atom. The number of carbonyl (C=O) groups excluding carboxylic acids is 4. The normalized spacial score (nSPS) is 32.4. The highest BCUT2D eigenvalue weighted by atomic mass is 16.6. The smallest absolute Gasteiger partial charge is 0.313 e. The summed E-state index contributed by atoms with van der Waals surface area (Å²) in [6.07, 6.45) is 6.51. The zero-order valence-corrected chi connectivity index (χ0v) is 25.3. The Bertz CT molecular complexity index is 1290. The van der Waals surface area contributed by atoms with Crippen LogP contribution in [-0.4, -0.2) is 96.4 Å². The number of amides is 3. The van der Waals surface area contributed by atoms with Gasteiger partial charge in [-0.15, -0.1) is 0 Å². The molecule has 2 saturated heterocycles. The van der Waals surface area contributed by atoms with Gasteiger partial charge in [-0.05, 0) is 58.4 Å². The monoisotopic (exact) mass is 594 g/mol. The van der Waals surface area contributed by atoms with E-state index >= 15 is 0 Å². The molecule has 4 heterocycles. The van der Waals surface area contributed by atoms with E-state index < -0.39 is 53.6 Å². The number of nitrogens with zero attached hydrogens (tertiary/aromatic N) is 3. The molecule has 43 heavy (non-hydrogen) atoms. The van der Waals surface area contributed by atoms with E-state index in [0.29, 0.717) is 12.1 Å². The summed E-state index contributed by atoms with van der Waals surface area (Å²) < 4.78 is 12.1. The van der Waals surface area contributed by atoms with Crippen LogP contribution in [0, 0.1) is 11.8 Å². The van der Waals surface area contributed by atoms with Crippen LogP contribution in [0.1, 0.15) is 40.5 Å². The van der Waals surface area contributed by atoms with Crippen LogP contribution >= 0.6 is 0 Å². The minimum Gasteiger partial charge on any atom is -0.460 e. The lowest BCUT2D eigenvalue weighted by Gasteiger charge is -2.38. The van der Waals surface area contributed by atoms with Crippen molar-refractivity contribution < 1.29 is 33.8 Å². The number of hydrogen-bond donors (Lipinski definition) is 2. The molecule has 2 N–H and O–H groups in total. The van der Waals surface area contributed by atoms with Gasteiger partial charge in [-0.2, -0.15) is 0 Å². The molecule has 2 fully saturated rings. The van der Waals surface area contributed by atoms with Gasteiger partial charge in [0.05, 0.1) is 31.2 Å². The number of likely N-dealkylation sites (tertiary alicyclic amines) is 1. The molecule has 0 radical (unpaired) electrons. The molecule has 3 amide bonds. The van der Waals surface area contributed by atoms with Gasteiger partial charge in [0.25, 0.3) is 5.91 Å². The number of allylic oxidation sites excluding steroid dienone is 1. The maximum atomic E-state index is 14.7. The zero-order valence-electron chi connectivity index (χ0n) is 25.3. The molecule has 1 aromatic rings. The van der Waals surface area contributed by atoms with Crippen molar-refractivity contribution in [3.05, 3.63) is 48.6 Å². The third-order valence-electron chi connectivity index (χ3n) is 9.01. The van der Waals surface area contributed by atoms with Crippen LogP contribution in [0.15, 0.2) is 48.6 Å². The maximum absolute atomic E-state index is 14.7. The third kappa shape index (κ3) is 5.44. The molecule has 4 aliphatic heterocycles. The van der Waals surface area contributed by atoms with Gasteiger partial charge in [-0.3, -0.25) is 19.2 Å². The molecule has 4 aliphatic rings. The number of esters is 1. The molecule has 7 atom stereocenters. The molecule has 11 heteroatoms. The molecular weight excluding hydrogens is 552 g/mol. The number of benzene rings is 1. The first-order valence-corrected chi connectivity index (χ1v) is 15.3. The van der Waals surface area contributed by atoms with E-state index in [1.165, 1.54) is 4.90 Å². The van der Waals surface area contributed by atoms with Crippen molar-refractivity contribution in [3.63, 3.8) is 0 Å². The molecule has 0 saturated carbocycles. The van der Waals surface area contributed by atoms with Crippen LogP contribution in [0.25, 0.3) is 0 Å². The number of nitrogens with one attached hydrogen (secondary N) is 1. The highest BCUT2D eigenvalue weighted by Gasteiger charge is 2.74. The van der Waals surface area contributed by atoms with Crippen LogP contribution in [0.3, 0.4) is 0 Å². The highest BCUT2D eigenvalue weighted by molar-refractivity contribution is 6.05. The molecule has 232 valence electrons. The summed E-state index contributed by atoms with van der Waals surface area (Å²) in [6.45, 7) is 9.15. The Morgan fingerprint density at radius 1 is 1.09 bits per heavy atom. The van der Waals surface area contributed by atoms with Crippen LogP contribution in [0.2, 0.25) is 0 Å². The zero-order chi connectivity index (χ0) is 30.9. The highest BCUT2D eigenvalue weighted by Crippen LogP contribution is 2.56. The van der Waals surface area contributed by atoms with E-state index in [0.717, 1.165) is 18.8 Å². The Hall–Kier alpha value is -3.70. The summed E-state index contributed by atoms with van der Waals surface area (Å²) >= 11 is 0. The number of fused-ring (bicyclic) bond motifs is 2. The molecule has 1 spiro atoms. The Morgan fingerprint density at radius 2 is 1.81 bits per heavy atom. The number of anilines is 2. The number of rotatable bonds is 6. The number of carbonyl (C=O) groups is 4. The van der Waals surface area contributed by atoms with Crippen molar-refractivity contribution >= 4 is 35.1 Å². The second kappa shape index (κ2) is 12.5. The number of aliphatic hydroxyl groups is 1. The fourth-order valence-corrected chi connectivity index (χ4v) is 6.80. The van der Waals surface area contributed by atoms with Gasteiger partial charge in [0.2, 0.25) is 11.8 Å². The second-order valence-electron chi connectivity index (χ2n) is 11.7. The summed E-state index contributed by atoms with van der Waals surface area (Å²) in [4.78, 5) is 59.9. The summed E-state index contributed by atoms with van der Waals surface area (Å²) in [6, 6.07) is 5.88. The Labute approximate surface area is 252 Å². The Balaban J connectivity index is 1.58. The lowest BCUT2D eigenvalue weighted by atomic mass is 9.74. The average molecular weight is 595 g/mol. The maximum Gasteiger partial charge on any atom is 0.313 e. The van der Waals surface area contributed by atoms with Crippen molar-refractivity contribution in [2.24, 2.45) is 11.8 Å². The minimum absolute atomic E-state index is 0.137. The topological polar surface area (TPSA) is 129 Å². The van der Waals surface area contributed by atoms with E-state index in [1.54, 1.807) is 30.9 Å². The summed E-state index contributed by atoms with van der Waals surface area (Å²) in [5.74, 6) is -3.55. The number of hydrogen-bond acceptors (Lipinski definition) is 8. The van der Waals surface area contributed by atoms with Gasteiger partial charge in [0.1, 0.15) is 23.7 Å². The first-order chi connectivity index (χ1) is 20.7. The van der Waals surface area contributed by atoms with Crippen molar-refractivity contribution in [3.8, 4) is 0 Å². The summed E-state index contributed by atoms with van der Waals surface area (Å²) in [5.41, 5.74) is 0.265. The molecule has 1 aromatic carbocycles. The second-order valence-corrected chi connectivity index (χ2v) is 11.7. The number of cyclic esters (lactones) is 1. The fraction of sp³-hybridized carbons (Fsp3) is 0.562. The first kappa shape index (κ1) is 30.7. The van der Waals surface area contributed by atoms with Crippen molar-refractivity contribution in [1.29, 1.82) is 0 Å². The van der Waals surface area contributed by atoms with E-state index in [1.807, 2.05) is 36.4 Å². The van der Waals surface area contributed by atoms with Crippen molar-refractivity contribution in [1.82, 2.24) is 10.2 Å². The fourth-order valence-electron chi connectivity index (χ4n) is 6.80. The van der Waals surface area contributed by atoms with Crippen molar-refractivity contribution in [2.45, 2.75) is 70.4 Å². The summed E-state index contributed by atoms with van der Waals surface area (Å²) in [7, 11) is 0. The third-order valence-corrected chi connectivity index (χ3v) is 9.01. The SMILES string of the molecule is CCN(CC)c1ccc(N2C/C=C\CCC(=O)NC[C@H](C)OC(=O)[C@@H]3[C@H]4C(=O)N([C@H](C)CO)[C@H](C2=O)[C@]42C=C[C@H]3O2)cc1. The van der Waals surface area contributed by atoms with Gasteiger partial charge in [0.15, 0.2) is 0 Å². The van der Waals surface area contributed by atoms with E-state index in [9.17, 15) is 24.3 Å². The molecule has 0 aliphatic carbocycles. The number of ether oxygens (including phenoxy) is 2. The van der Waals surface area contributed by atoms with Gasteiger partial charge >= 0.3 is 5.97 Å². The van der Waals surface area contributed by atoms with E-state index in [4.69, 9.17) is 9.47 Å². The van der Waals surface area contributed by atoms with Crippen molar-refractivity contribution in [2.75, 3.05) is 42.6 Å². The van der Waals surface area contributed by atoms with Crippen LogP contribution in [0.4, 0.5) is 11.4 Å². The van der Waals surface area contributed by atoms with Gasteiger partial charge in [0, 0.05) is 37.4 Å². The van der Waals surface area contributed by atoms with E-state index in [-0.39, 0.29) is 37.9 Å². The van der Waals surface area contributed by atoms with Gasteiger partial charge in [-0.1, -0.05) is 24.3 Å². The Kier molecular flexibility index (Phi) is 8.94. The molecule has 0 unspecified atom stereocenters. The van der Waals surface area contributed by atoms with E-state index in [2.05, 4.69) is 24.1 Å². The largest absolute Gasteiger partial charge is 0.460 e. The van der Waals surface area contributed by atoms with Crippen LogP contribution < -0.4 is 15.1 Å². The van der Waals surface area contributed by atoms with Gasteiger partial charge < -0.3 is 34.6 Å². The average Bonchev–Trinajstić information content (AvgIpc) is 3.65. The first-order valence-electron chi connectivity index (χ1n) is 15.3. The molecule has 11 nitrogen and oxygen atoms in total. The lowest BCUT2D eigenvalue weighted by molar-refractivity contribution is -0.158. The minimum atomic E-state index is -1.39. The quantitative estimate of drug-likeness (QED) is 0.377. The predicted molar refractivity (Wildman–Crippen MR) is 160 cm³/mol. The molecule has 0 aromatic heterocycles. The standard InChI is InChI=1S/C32H42N4O7/c1-5-34(6-2)22-11-13-23(14-12-22)35-17-9-7-8-10-25(38)33-18-21(4)42-31(41)26-24-15-16-32(43-24)27(26)29(39)36(20(3)19-37)28(32)30(35)40/h7,9,11-16,20-21,24,26-28,37H,5-6,8,10,17-19H2,1-4H3,(H,33,38)/b9-7-/t20-,21+,24-,26+,27+,28-,32+/m1/s1. The molecular formula is C32H42N4O7. The van der Waals surface area contributed by atoms with Crippen LogP contribution in [0.5, 0.6) is 0 Å². The molecule has 5 rings (SSSR count). The molecule has 5 bridgehead atoms. The van der Waals surface area contributed by atoms with Crippen LogP contribution in [-0.2, 0) is 28.7 Å². The lowest BCUT2D eigenvalue weighted by Crippen LogP contribution is -2.58. The number of aliphatic hydroxyl groups excluding tert-OH is 1. The predicted octanol–water partition coefficient (Wildman–Crippen LogP) is 1.80. The summed E-state index contributed by atoms with van der Waals surface area (Å²) in [5, 5.41) is 13.0. The van der Waals surface area contributed by atoms with Gasteiger partial charge in [-0.25, -0.2) is 0 Å².